The van der Waals surface area contributed by atoms with Gasteiger partial charge < -0.3 is 4.90 Å². The van der Waals surface area contributed by atoms with E-state index in [1.54, 1.807) is 6.07 Å². The predicted octanol–water partition coefficient (Wildman–Crippen LogP) is 4.93. The van der Waals surface area contributed by atoms with E-state index in [4.69, 9.17) is 11.6 Å². The van der Waals surface area contributed by atoms with Crippen LogP contribution in [0.5, 0.6) is 0 Å². The molecule has 0 saturated heterocycles. The number of Topliss-reactive ketones (excluding diaryl/α,β-unsaturated/α-hetero) is 1. The summed E-state index contributed by atoms with van der Waals surface area (Å²) in [6.45, 7) is 5.69. The minimum atomic E-state index is -0.0179. The number of benzene rings is 2. The molecule has 0 heterocycles. The smallest absolute Gasteiger partial charge is 0.161 e. The van der Waals surface area contributed by atoms with Crippen LogP contribution in [-0.2, 0) is 0 Å². The second-order valence-electron chi connectivity index (χ2n) is 5.07. The fourth-order valence-electron chi connectivity index (χ4n) is 2.32. The van der Waals surface area contributed by atoms with Crippen LogP contribution >= 0.6 is 11.6 Å². The van der Waals surface area contributed by atoms with Gasteiger partial charge in [0, 0.05) is 24.0 Å². The molecule has 2 rings (SSSR count). The third kappa shape index (κ3) is 2.86. The number of halogens is 1. The van der Waals surface area contributed by atoms with E-state index in [-0.39, 0.29) is 5.78 Å². The summed E-state index contributed by atoms with van der Waals surface area (Å²) in [7, 11) is 2.00. The van der Waals surface area contributed by atoms with Crippen LogP contribution in [0.4, 0.5) is 11.4 Å². The summed E-state index contributed by atoms with van der Waals surface area (Å²) < 4.78 is 0. The van der Waals surface area contributed by atoms with Crippen molar-refractivity contribution in [2.75, 3.05) is 11.9 Å². The molecule has 2 aromatic carbocycles. The molecule has 0 unspecified atom stereocenters. The van der Waals surface area contributed by atoms with Gasteiger partial charge in [-0.3, -0.25) is 4.79 Å². The first-order valence-corrected chi connectivity index (χ1v) is 6.89. The van der Waals surface area contributed by atoms with Gasteiger partial charge in [0.2, 0.25) is 0 Å². The van der Waals surface area contributed by atoms with Gasteiger partial charge in [-0.2, -0.15) is 0 Å². The molecule has 0 atom stereocenters. The van der Waals surface area contributed by atoms with Crippen LogP contribution < -0.4 is 4.90 Å². The molecule has 20 heavy (non-hydrogen) atoms. The monoisotopic (exact) mass is 287 g/mol. The molecule has 0 amide bonds. The van der Waals surface area contributed by atoms with Gasteiger partial charge in [0.15, 0.2) is 5.78 Å². The van der Waals surface area contributed by atoms with Crippen LogP contribution in [0, 0.1) is 13.8 Å². The molecule has 3 heteroatoms. The number of nitrogens with zero attached hydrogens (tertiary/aromatic N) is 1. The van der Waals surface area contributed by atoms with Crippen LogP contribution in [0.15, 0.2) is 36.4 Å². The highest BCUT2D eigenvalue weighted by atomic mass is 35.5. The topological polar surface area (TPSA) is 20.3 Å². The zero-order chi connectivity index (χ0) is 14.9. The number of carbonyl (C=O) groups is 1. The molecular formula is C17H18ClNO. The Bertz CT molecular complexity index is 664. The Morgan fingerprint density at radius 2 is 1.80 bits per heavy atom. The number of aryl methyl sites for hydroxylation is 2. The predicted molar refractivity (Wildman–Crippen MR) is 85.4 cm³/mol. The maximum absolute atomic E-state index is 11.4. The summed E-state index contributed by atoms with van der Waals surface area (Å²) in [6, 6.07) is 11.9. The van der Waals surface area contributed by atoms with Crippen LogP contribution in [0.25, 0.3) is 0 Å². The van der Waals surface area contributed by atoms with Gasteiger partial charge in [0.05, 0.1) is 5.02 Å². The van der Waals surface area contributed by atoms with Crippen molar-refractivity contribution in [2.45, 2.75) is 20.8 Å². The Labute approximate surface area is 125 Å². The van der Waals surface area contributed by atoms with E-state index in [1.165, 1.54) is 18.1 Å². The van der Waals surface area contributed by atoms with Crippen molar-refractivity contribution in [1.82, 2.24) is 0 Å². The van der Waals surface area contributed by atoms with Crippen molar-refractivity contribution < 1.29 is 4.79 Å². The van der Waals surface area contributed by atoms with Crippen molar-refractivity contribution in [3.05, 3.63) is 58.1 Å². The fraction of sp³-hybridized carbons (Fsp3) is 0.235. The molecule has 0 spiro atoms. The van der Waals surface area contributed by atoms with Crippen LogP contribution in [0.3, 0.4) is 0 Å². The van der Waals surface area contributed by atoms with Gasteiger partial charge in [-0.15, -0.1) is 0 Å². The Morgan fingerprint density at radius 3 is 2.35 bits per heavy atom. The maximum atomic E-state index is 11.4. The molecule has 104 valence electrons. The first kappa shape index (κ1) is 14.6. The quantitative estimate of drug-likeness (QED) is 0.746. The Balaban J connectivity index is 2.40. The lowest BCUT2D eigenvalue weighted by atomic mass is 10.1. The van der Waals surface area contributed by atoms with E-state index in [0.717, 1.165) is 11.4 Å². The fourth-order valence-corrected chi connectivity index (χ4v) is 2.63. The number of carbonyl (C=O) groups excluding carboxylic acids is 1. The van der Waals surface area contributed by atoms with Gasteiger partial charge in [-0.05, 0) is 50.6 Å². The van der Waals surface area contributed by atoms with E-state index in [1.807, 2.05) is 19.2 Å². The van der Waals surface area contributed by atoms with Crippen LogP contribution in [0.1, 0.15) is 28.4 Å². The largest absolute Gasteiger partial charge is 0.344 e. The minimum absolute atomic E-state index is 0.0179. The average Bonchev–Trinajstić information content (AvgIpc) is 2.37. The zero-order valence-electron chi connectivity index (χ0n) is 12.2. The number of hydrogen-bond donors (Lipinski definition) is 0. The molecule has 0 aliphatic carbocycles. The molecule has 0 fully saturated rings. The standard InChI is InChI=1S/C17H18ClNO/c1-11-5-8-17(12(2)9-11)19(4)14-6-7-15(13(3)20)16(18)10-14/h5-10H,1-4H3. The summed E-state index contributed by atoms with van der Waals surface area (Å²) in [5.41, 5.74) is 5.10. The Morgan fingerprint density at radius 1 is 1.10 bits per heavy atom. The second-order valence-corrected chi connectivity index (χ2v) is 5.48. The molecule has 0 aromatic heterocycles. The van der Waals surface area contributed by atoms with Crippen molar-refractivity contribution in [1.29, 1.82) is 0 Å². The van der Waals surface area contributed by atoms with Gasteiger partial charge in [-0.25, -0.2) is 0 Å². The van der Waals surface area contributed by atoms with E-state index in [2.05, 4.69) is 36.9 Å². The van der Waals surface area contributed by atoms with E-state index >= 15 is 0 Å². The van der Waals surface area contributed by atoms with Crippen molar-refractivity contribution >= 4 is 28.8 Å². The number of ketones is 1. The number of hydrogen-bond acceptors (Lipinski definition) is 2. The highest BCUT2D eigenvalue weighted by Crippen LogP contribution is 2.30. The Kier molecular flexibility index (Phi) is 4.15. The first-order valence-electron chi connectivity index (χ1n) is 6.51. The highest BCUT2D eigenvalue weighted by Gasteiger charge is 2.11. The average molecular weight is 288 g/mol. The van der Waals surface area contributed by atoms with Crippen molar-refractivity contribution in [3.8, 4) is 0 Å². The second kappa shape index (κ2) is 5.68. The summed E-state index contributed by atoms with van der Waals surface area (Å²) in [5, 5.41) is 0.492. The lowest BCUT2D eigenvalue weighted by molar-refractivity contribution is 0.101. The molecule has 2 aromatic rings. The summed E-state index contributed by atoms with van der Waals surface area (Å²) in [5.74, 6) is -0.0179. The van der Waals surface area contributed by atoms with Crippen molar-refractivity contribution in [2.24, 2.45) is 0 Å². The number of rotatable bonds is 3. The Hall–Kier alpha value is -1.80. The third-order valence-corrected chi connectivity index (χ3v) is 3.75. The zero-order valence-corrected chi connectivity index (χ0v) is 13.0. The maximum Gasteiger partial charge on any atom is 0.161 e. The molecule has 2 nitrogen and oxygen atoms in total. The number of anilines is 2. The first-order chi connectivity index (χ1) is 9.40. The lowest BCUT2D eigenvalue weighted by Gasteiger charge is -2.22. The molecule has 0 radical (unpaired) electrons. The lowest BCUT2D eigenvalue weighted by Crippen LogP contribution is -2.11. The van der Waals surface area contributed by atoms with Gasteiger partial charge in [0.25, 0.3) is 0 Å². The van der Waals surface area contributed by atoms with E-state index < -0.39 is 0 Å². The molecule has 0 saturated carbocycles. The highest BCUT2D eigenvalue weighted by molar-refractivity contribution is 6.34. The molecule has 0 aliphatic rings. The van der Waals surface area contributed by atoms with Gasteiger partial charge >= 0.3 is 0 Å². The molecule has 0 bridgehead atoms. The summed E-state index contributed by atoms with van der Waals surface area (Å²) in [6.07, 6.45) is 0. The van der Waals surface area contributed by atoms with Gasteiger partial charge in [-0.1, -0.05) is 29.3 Å². The minimum Gasteiger partial charge on any atom is -0.344 e. The SMILES string of the molecule is CC(=O)c1ccc(N(C)c2ccc(C)cc2C)cc1Cl. The molecule has 0 aliphatic heterocycles. The molecule has 0 N–H and O–H groups in total. The van der Waals surface area contributed by atoms with E-state index in [9.17, 15) is 4.79 Å². The summed E-state index contributed by atoms with van der Waals surface area (Å²) >= 11 is 6.17. The van der Waals surface area contributed by atoms with Crippen LogP contribution in [0.2, 0.25) is 5.02 Å². The van der Waals surface area contributed by atoms with E-state index in [0.29, 0.717) is 10.6 Å². The molecular weight excluding hydrogens is 270 g/mol. The van der Waals surface area contributed by atoms with Crippen molar-refractivity contribution in [3.63, 3.8) is 0 Å². The third-order valence-electron chi connectivity index (χ3n) is 3.43. The normalized spacial score (nSPS) is 10.4. The van der Waals surface area contributed by atoms with Crippen LogP contribution in [-0.4, -0.2) is 12.8 Å². The summed E-state index contributed by atoms with van der Waals surface area (Å²) in [4.78, 5) is 13.5. The van der Waals surface area contributed by atoms with Gasteiger partial charge in [0.1, 0.15) is 0 Å².